The van der Waals surface area contributed by atoms with E-state index in [9.17, 15) is 9.90 Å². The second kappa shape index (κ2) is 5.99. The third-order valence-electron chi connectivity index (χ3n) is 4.82. The fraction of sp³-hybridized carbons (Fsp3) is 0.500. The quantitative estimate of drug-likeness (QED) is 0.901. The van der Waals surface area contributed by atoms with Gasteiger partial charge in [-0.25, -0.2) is 4.68 Å². The fourth-order valence-electron chi connectivity index (χ4n) is 3.41. The first-order valence-electron chi connectivity index (χ1n) is 8.74. The summed E-state index contributed by atoms with van der Waals surface area (Å²) in [6.45, 7) is 9.48. The van der Waals surface area contributed by atoms with Crippen molar-refractivity contribution in [3.8, 4) is 5.69 Å². The summed E-state index contributed by atoms with van der Waals surface area (Å²) in [4.78, 5) is 12.3. The van der Waals surface area contributed by atoms with Gasteiger partial charge in [0.05, 0.1) is 23.6 Å². The summed E-state index contributed by atoms with van der Waals surface area (Å²) in [5, 5.41) is 17.6. The number of carbonyl (C=O) groups is 1. The van der Waals surface area contributed by atoms with Gasteiger partial charge in [-0.1, -0.05) is 31.5 Å². The minimum absolute atomic E-state index is 0.0347. The molecule has 1 aliphatic rings. The molecule has 1 amide bonds. The molecule has 1 heterocycles. The average molecular weight is 341 g/mol. The Morgan fingerprint density at radius 1 is 1.32 bits per heavy atom. The Bertz CT molecular complexity index is 782. The third-order valence-corrected chi connectivity index (χ3v) is 4.82. The second-order valence-electron chi connectivity index (χ2n) is 8.42. The van der Waals surface area contributed by atoms with Gasteiger partial charge in [-0.15, -0.1) is 0 Å². The molecule has 0 radical (unpaired) electrons. The van der Waals surface area contributed by atoms with Crippen LogP contribution in [0.4, 0.5) is 0 Å². The van der Waals surface area contributed by atoms with Crippen LogP contribution in [0.1, 0.15) is 57.0 Å². The minimum Gasteiger partial charge on any atom is -0.381 e. The van der Waals surface area contributed by atoms with Crippen molar-refractivity contribution in [3.05, 3.63) is 47.3 Å². The Labute approximate surface area is 149 Å². The lowest BCUT2D eigenvalue weighted by molar-refractivity contribution is -0.137. The van der Waals surface area contributed by atoms with Crippen LogP contribution in [0.2, 0.25) is 0 Å². The first-order valence-corrected chi connectivity index (χ1v) is 8.74. The van der Waals surface area contributed by atoms with Gasteiger partial charge in [-0.05, 0) is 51.2 Å². The number of benzene rings is 1. The molecule has 0 saturated heterocycles. The van der Waals surface area contributed by atoms with E-state index < -0.39 is 5.60 Å². The second-order valence-corrected chi connectivity index (χ2v) is 8.42. The van der Waals surface area contributed by atoms with E-state index in [2.05, 4.69) is 55.5 Å². The predicted molar refractivity (Wildman–Crippen MR) is 97.6 cm³/mol. The molecule has 2 N–H and O–H groups in total. The van der Waals surface area contributed by atoms with Gasteiger partial charge in [0.25, 0.3) is 5.91 Å². The summed E-state index contributed by atoms with van der Waals surface area (Å²) in [5.74, 6) is -0.357. The number of nitrogens with zero attached hydrogens (tertiary/aromatic N) is 2. The van der Waals surface area contributed by atoms with Gasteiger partial charge in [0.2, 0.25) is 0 Å². The molecule has 0 saturated carbocycles. The molecule has 134 valence electrons. The molecule has 1 unspecified atom stereocenters. The van der Waals surface area contributed by atoms with E-state index in [0.717, 1.165) is 29.8 Å². The van der Waals surface area contributed by atoms with Gasteiger partial charge in [-0.3, -0.25) is 4.79 Å². The predicted octanol–water partition coefficient (Wildman–Crippen LogP) is 3.08. The van der Waals surface area contributed by atoms with E-state index in [-0.39, 0.29) is 17.4 Å². The first kappa shape index (κ1) is 17.7. The molecule has 2 aromatic rings. The summed E-state index contributed by atoms with van der Waals surface area (Å²) in [7, 11) is 0. The average Bonchev–Trinajstić information content (AvgIpc) is 2.89. The topological polar surface area (TPSA) is 67.2 Å². The number of aromatic nitrogens is 2. The summed E-state index contributed by atoms with van der Waals surface area (Å²) < 4.78 is 1.97. The molecule has 0 spiro atoms. The summed E-state index contributed by atoms with van der Waals surface area (Å²) in [6, 6.07) is 8.14. The standard InChI is InChI=1S/C20H27N3O2/c1-13-6-8-14(9-7-13)23-17-11-19(2,3)10-16(15(17)12-21-23)22-18(24)20(4,5)25/h6-9,12,16,25H,10-11H2,1-5H3,(H,22,24). The molecule has 5 heteroatoms. The van der Waals surface area contributed by atoms with Crippen LogP contribution >= 0.6 is 0 Å². The molecule has 3 rings (SSSR count). The highest BCUT2D eigenvalue weighted by Gasteiger charge is 2.37. The molecule has 0 bridgehead atoms. The van der Waals surface area contributed by atoms with Crippen molar-refractivity contribution < 1.29 is 9.90 Å². The maximum atomic E-state index is 12.3. The number of rotatable bonds is 3. The Balaban J connectivity index is 1.99. The van der Waals surface area contributed by atoms with Crippen molar-refractivity contribution in [1.29, 1.82) is 0 Å². The zero-order valence-corrected chi connectivity index (χ0v) is 15.6. The lowest BCUT2D eigenvalue weighted by Crippen LogP contribution is -2.45. The maximum Gasteiger partial charge on any atom is 0.251 e. The van der Waals surface area contributed by atoms with E-state index in [4.69, 9.17) is 0 Å². The molecular formula is C20H27N3O2. The number of fused-ring (bicyclic) bond motifs is 1. The van der Waals surface area contributed by atoms with Crippen molar-refractivity contribution >= 4 is 5.91 Å². The van der Waals surface area contributed by atoms with Crippen LogP contribution in [0.3, 0.4) is 0 Å². The number of aryl methyl sites for hydroxylation is 1. The SMILES string of the molecule is Cc1ccc(-n2ncc3c2CC(C)(C)CC3NC(=O)C(C)(C)O)cc1. The number of carbonyl (C=O) groups excluding carboxylic acids is 1. The lowest BCUT2D eigenvalue weighted by Gasteiger charge is -2.36. The van der Waals surface area contributed by atoms with Gasteiger partial charge >= 0.3 is 0 Å². The summed E-state index contributed by atoms with van der Waals surface area (Å²) in [5.41, 5.74) is 3.04. The molecule has 25 heavy (non-hydrogen) atoms. The van der Waals surface area contributed by atoms with E-state index in [1.807, 2.05) is 10.9 Å². The number of hydrogen-bond donors (Lipinski definition) is 2. The van der Waals surface area contributed by atoms with Crippen molar-refractivity contribution in [1.82, 2.24) is 15.1 Å². The minimum atomic E-state index is -1.39. The highest BCUT2D eigenvalue weighted by Crippen LogP contribution is 2.41. The first-order chi connectivity index (χ1) is 11.6. The van der Waals surface area contributed by atoms with Crippen LogP contribution in [-0.4, -0.2) is 26.4 Å². The Morgan fingerprint density at radius 2 is 1.96 bits per heavy atom. The molecule has 1 aliphatic carbocycles. The summed E-state index contributed by atoms with van der Waals surface area (Å²) >= 11 is 0. The number of nitrogens with one attached hydrogen (secondary N) is 1. The molecular weight excluding hydrogens is 314 g/mol. The zero-order valence-electron chi connectivity index (χ0n) is 15.6. The smallest absolute Gasteiger partial charge is 0.251 e. The molecule has 5 nitrogen and oxygen atoms in total. The van der Waals surface area contributed by atoms with Gasteiger partial charge in [0, 0.05) is 5.56 Å². The van der Waals surface area contributed by atoms with Crippen molar-refractivity contribution in [3.63, 3.8) is 0 Å². The highest BCUT2D eigenvalue weighted by molar-refractivity contribution is 5.84. The largest absolute Gasteiger partial charge is 0.381 e. The van der Waals surface area contributed by atoms with Crippen LogP contribution in [-0.2, 0) is 11.2 Å². The molecule has 0 fully saturated rings. The van der Waals surface area contributed by atoms with Gasteiger partial charge in [-0.2, -0.15) is 5.10 Å². The van der Waals surface area contributed by atoms with Gasteiger partial charge in [0.1, 0.15) is 5.60 Å². The maximum absolute atomic E-state index is 12.3. The van der Waals surface area contributed by atoms with E-state index >= 15 is 0 Å². The Morgan fingerprint density at radius 3 is 2.56 bits per heavy atom. The number of amides is 1. The van der Waals surface area contributed by atoms with Crippen LogP contribution in [0, 0.1) is 12.3 Å². The van der Waals surface area contributed by atoms with Crippen LogP contribution in [0.15, 0.2) is 30.5 Å². The van der Waals surface area contributed by atoms with Crippen molar-refractivity contribution in [2.24, 2.45) is 5.41 Å². The number of hydrogen-bond acceptors (Lipinski definition) is 3. The van der Waals surface area contributed by atoms with E-state index in [1.54, 1.807) is 0 Å². The summed E-state index contributed by atoms with van der Waals surface area (Å²) in [6.07, 6.45) is 3.56. The monoisotopic (exact) mass is 341 g/mol. The Hall–Kier alpha value is -2.14. The van der Waals surface area contributed by atoms with Crippen molar-refractivity contribution in [2.45, 2.75) is 59.1 Å². The van der Waals surface area contributed by atoms with Gasteiger partial charge < -0.3 is 10.4 Å². The Kier molecular flexibility index (Phi) is 4.23. The lowest BCUT2D eigenvalue weighted by atomic mass is 9.74. The van der Waals surface area contributed by atoms with Crippen LogP contribution in [0.25, 0.3) is 5.69 Å². The molecule has 1 aromatic carbocycles. The van der Waals surface area contributed by atoms with Crippen LogP contribution < -0.4 is 5.32 Å². The third kappa shape index (κ3) is 3.61. The number of aliphatic hydroxyl groups is 1. The van der Waals surface area contributed by atoms with E-state index in [1.165, 1.54) is 19.4 Å². The molecule has 1 atom stereocenters. The van der Waals surface area contributed by atoms with Crippen LogP contribution in [0.5, 0.6) is 0 Å². The van der Waals surface area contributed by atoms with Gasteiger partial charge in [0.15, 0.2) is 0 Å². The fourth-order valence-corrected chi connectivity index (χ4v) is 3.41. The highest BCUT2D eigenvalue weighted by atomic mass is 16.3. The van der Waals surface area contributed by atoms with Crippen molar-refractivity contribution in [2.75, 3.05) is 0 Å². The molecule has 1 aromatic heterocycles. The molecule has 0 aliphatic heterocycles. The normalized spacial score (nSPS) is 19.4. The van der Waals surface area contributed by atoms with E-state index in [0.29, 0.717) is 0 Å². The zero-order chi connectivity index (χ0) is 18.4.